The fourth-order valence-corrected chi connectivity index (χ4v) is 2.00. The fourth-order valence-electron chi connectivity index (χ4n) is 1.49. The summed E-state index contributed by atoms with van der Waals surface area (Å²) in [6.07, 6.45) is 0.159. The van der Waals surface area contributed by atoms with E-state index in [1.54, 1.807) is 0 Å². The second-order valence-electron chi connectivity index (χ2n) is 3.59. The van der Waals surface area contributed by atoms with E-state index >= 15 is 0 Å². The van der Waals surface area contributed by atoms with Crippen LogP contribution in [0.1, 0.15) is 6.42 Å². The molecule has 0 aromatic rings. The summed E-state index contributed by atoms with van der Waals surface area (Å²) in [5.74, 6) is -0.707. The van der Waals surface area contributed by atoms with E-state index in [-0.39, 0.29) is 18.1 Å². The van der Waals surface area contributed by atoms with Crippen LogP contribution in [0.3, 0.4) is 0 Å². The number of nitrogens with two attached hydrogens (primary N) is 1. The molecule has 1 fully saturated rings. The van der Waals surface area contributed by atoms with Gasteiger partial charge in [0.1, 0.15) is 0 Å². The SMILES string of the molecule is NS(=O)(=O)CCN1CC(CC(=O)O)C1. The highest BCUT2D eigenvalue weighted by Gasteiger charge is 2.28. The van der Waals surface area contributed by atoms with E-state index in [1.807, 2.05) is 4.90 Å². The molecule has 0 bridgehead atoms. The van der Waals surface area contributed by atoms with Crippen molar-refractivity contribution >= 4 is 16.0 Å². The van der Waals surface area contributed by atoms with Crippen LogP contribution >= 0.6 is 0 Å². The second kappa shape index (κ2) is 4.24. The molecule has 82 valence electrons. The van der Waals surface area contributed by atoms with E-state index < -0.39 is 16.0 Å². The monoisotopic (exact) mass is 222 g/mol. The lowest BCUT2D eigenvalue weighted by Gasteiger charge is -2.38. The van der Waals surface area contributed by atoms with Crippen molar-refractivity contribution in [2.45, 2.75) is 6.42 Å². The predicted octanol–water partition coefficient (Wildman–Crippen LogP) is -1.32. The van der Waals surface area contributed by atoms with E-state index in [4.69, 9.17) is 10.2 Å². The van der Waals surface area contributed by atoms with Crippen LogP contribution in [0, 0.1) is 5.92 Å². The summed E-state index contributed by atoms with van der Waals surface area (Å²) in [7, 11) is -3.39. The molecule has 0 aromatic heterocycles. The first kappa shape index (κ1) is 11.4. The van der Waals surface area contributed by atoms with Crippen LogP contribution in [0.25, 0.3) is 0 Å². The Balaban J connectivity index is 2.13. The molecule has 1 heterocycles. The molecular formula is C7H14N2O4S. The zero-order chi connectivity index (χ0) is 10.8. The molecule has 0 amide bonds. The highest BCUT2D eigenvalue weighted by atomic mass is 32.2. The summed E-state index contributed by atoms with van der Waals surface area (Å²) < 4.78 is 21.2. The number of hydrogen-bond acceptors (Lipinski definition) is 4. The van der Waals surface area contributed by atoms with Crippen LogP contribution in [0.5, 0.6) is 0 Å². The van der Waals surface area contributed by atoms with Crippen LogP contribution in [-0.4, -0.2) is 49.8 Å². The van der Waals surface area contributed by atoms with E-state index in [2.05, 4.69) is 0 Å². The predicted molar refractivity (Wildman–Crippen MR) is 50.2 cm³/mol. The smallest absolute Gasteiger partial charge is 0.303 e. The fraction of sp³-hybridized carbons (Fsp3) is 0.857. The number of carboxylic acid groups (broad SMARTS) is 1. The molecule has 0 aromatic carbocycles. The summed E-state index contributed by atoms with van der Waals surface area (Å²) in [6.45, 7) is 1.71. The molecule has 1 rings (SSSR count). The number of carbonyl (C=O) groups is 1. The summed E-state index contributed by atoms with van der Waals surface area (Å²) in [5, 5.41) is 13.3. The highest BCUT2D eigenvalue weighted by Crippen LogP contribution is 2.18. The van der Waals surface area contributed by atoms with Gasteiger partial charge in [-0.25, -0.2) is 13.6 Å². The number of primary sulfonamides is 1. The number of rotatable bonds is 5. The molecule has 0 spiro atoms. The first-order valence-corrected chi connectivity index (χ1v) is 6.03. The molecule has 6 nitrogen and oxygen atoms in total. The van der Waals surface area contributed by atoms with Crippen molar-refractivity contribution in [2.75, 3.05) is 25.4 Å². The third-order valence-electron chi connectivity index (χ3n) is 2.19. The van der Waals surface area contributed by atoms with Crippen molar-refractivity contribution in [3.05, 3.63) is 0 Å². The Bertz CT molecular complexity index is 308. The molecule has 0 aliphatic carbocycles. The minimum absolute atomic E-state index is 0.0627. The Morgan fingerprint density at radius 3 is 2.50 bits per heavy atom. The Hall–Kier alpha value is -0.660. The zero-order valence-corrected chi connectivity index (χ0v) is 8.53. The number of nitrogens with zero attached hydrogens (tertiary/aromatic N) is 1. The summed E-state index contributed by atoms with van der Waals surface area (Å²) in [5.41, 5.74) is 0. The van der Waals surface area contributed by atoms with Gasteiger partial charge in [0.05, 0.1) is 12.2 Å². The number of likely N-dealkylation sites (tertiary alicyclic amines) is 1. The normalized spacial score (nSPS) is 19.2. The van der Waals surface area contributed by atoms with Gasteiger partial charge in [0, 0.05) is 19.6 Å². The van der Waals surface area contributed by atoms with Crippen LogP contribution in [0.2, 0.25) is 0 Å². The Morgan fingerprint density at radius 2 is 2.07 bits per heavy atom. The first-order valence-electron chi connectivity index (χ1n) is 4.31. The lowest BCUT2D eigenvalue weighted by molar-refractivity contribution is -0.139. The maximum Gasteiger partial charge on any atom is 0.303 e. The summed E-state index contributed by atoms with van der Waals surface area (Å²) >= 11 is 0. The quantitative estimate of drug-likeness (QED) is 0.601. The first-order chi connectivity index (χ1) is 6.37. The van der Waals surface area contributed by atoms with Gasteiger partial charge in [0.25, 0.3) is 0 Å². The Labute approximate surface area is 82.7 Å². The van der Waals surface area contributed by atoms with Crippen molar-refractivity contribution in [1.82, 2.24) is 4.90 Å². The third-order valence-corrected chi connectivity index (χ3v) is 2.94. The van der Waals surface area contributed by atoms with Crippen molar-refractivity contribution in [3.8, 4) is 0 Å². The molecule has 1 aliphatic heterocycles. The van der Waals surface area contributed by atoms with Crippen molar-refractivity contribution in [1.29, 1.82) is 0 Å². The van der Waals surface area contributed by atoms with Gasteiger partial charge in [-0.2, -0.15) is 0 Å². The zero-order valence-electron chi connectivity index (χ0n) is 7.72. The lowest BCUT2D eigenvalue weighted by Crippen LogP contribution is -2.49. The van der Waals surface area contributed by atoms with Gasteiger partial charge in [0.2, 0.25) is 10.0 Å². The van der Waals surface area contributed by atoms with Crippen LogP contribution in [0.4, 0.5) is 0 Å². The van der Waals surface area contributed by atoms with Gasteiger partial charge in [-0.05, 0) is 5.92 Å². The molecule has 0 unspecified atom stereocenters. The molecule has 14 heavy (non-hydrogen) atoms. The van der Waals surface area contributed by atoms with Gasteiger partial charge in [-0.1, -0.05) is 0 Å². The third kappa shape index (κ3) is 4.03. The molecule has 0 radical (unpaired) electrons. The molecule has 0 saturated carbocycles. The van der Waals surface area contributed by atoms with Gasteiger partial charge in [0.15, 0.2) is 0 Å². The second-order valence-corrected chi connectivity index (χ2v) is 5.32. The van der Waals surface area contributed by atoms with E-state index in [0.29, 0.717) is 19.6 Å². The van der Waals surface area contributed by atoms with Crippen LogP contribution in [-0.2, 0) is 14.8 Å². The van der Waals surface area contributed by atoms with E-state index in [1.165, 1.54) is 0 Å². The molecule has 1 aliphatic rings. The number of sulfonamides is 1. The van der Waals surface area contributed by atoms with Crippen LogP contribution < -0.4 is 5.14 Å². The van der Waals surface area contributed by atoms with E-state index in [0.717, 1.165) is 0 Å². The summed E-state index contributed by atoms with van der Waals surface area (Å²) in [6, 6.07) is 0. The van der Waals surface area contributed by atoms with Crippen LogP contribution in [0.15, 0.2) is 0 Å². The summed E-state index contributed by atoms with van der Waals surface area (Å²) in [4.78, 5) is 12.2. The topological polar surface area (TPSA) is 101 Å². The lowest BCUT2D eigenvalue weighted by atomic mass is 9.97. The maximum atomic E-state index is 10.6. The largest absolute Gasteiger partial charge is 0.481 e. The minimum Gasteiger partial charge on any atom is -0.481 e. The average Bonchev–Trinajstić information content (AvgIpc) is 1.90. The van der Waals surface area contributed by atoms with Gasteiger partial charge >= 0.3 is 5.97 Å². The van der Waals surface area contributed by atoms with Gasteiger partial charge in [-0.15, -0.1) is 0 Å². The molecule has 1 saturated heterocycles. The molecule has 3 N–H and O–H groups in total. The Morgan fingerprint density at radius 1 is 1.50 bits per heavy atom. The maximum absolute atomic E-state index is 10.6. The molecular weight excluding hydrogens is 208 g/mol. The van der Waals surface area contributed by atoms with Crippen molar-refractivity contribution in [2.24, 2.45) is 11.1 Å². The van der Waals surface area contributed by atoms with Gasteiger partial charge < -0.3 is 10.0 Å². The number of hydrogen-bond donors (Lipinski definition) is 2. The van der Waals surface area contributed by atoms with E-state index in [9.17, 15) is 13.2 Å². The standard InChI is InChI=1S/C7H14N2O4S/c8-14(12,13)2-1-9-4-6(5-9)3-7(10)11/h6H,1-5H2,(H,10,11)(H2,8,12,13). The molecule has 0 atom stereocenters. The average molecular weight is 222 g/mol. The Kier molecular flexibility index (Phi) is 3.46. The molecule has 7 heteroatoms. The highest BCUT2D eigenvalue weighted by molar-refractivity contribution is 7.89. The number of aliphatic carboxylic acids is 1. The minimum atomic E-state index is -3.39. The number of carboxylic acids is 1. The van der Waals surface area contributed by atoms with Crippen molar-refractivity contribution < 1.29 is 18.3 Å². The van der Waals surface area contributed by atoms with Crippen molar-refractivity contribution in [3.63, 3.8) is 0 Å². The van der Waals surface area contributed by atoms with Gasteiger partial charge in [-0.3, -0.25) is 4.79 Å².